The van der Waals surface area contributed by atoms with Gasteiger partial charge in [0.1, 0.15) is 23.8 Å². The van der Waals surface area contributed by atoms with E-state index in [0.717, 1.165) is 5.56 Å². The first-order valence-electron chi connectivity index (χ1n) is 11.2. The molecule has 0 saturated carbocycles. The number of nitrogens with zero attached hydrogens (tertiary/aromatic N) is 5. The molecule has 1 saturated heterocycles. The normalized spacial score (nSPS) is 22.5. The van der Waals surface area contributed by atoms with Crippen molar-refractivity contribution in [3.8, 4) is 0 Å². The van der Waals surface area contributed by atoms with Gasteiger partial charge in [-0.1, -0.05) is 30.3 Å². The van der Waals surface area contributed by atoms with Gasteiger partial charge in [-0.2, -0.15) is 9.97 Å². The van der Waals surface area contributed by atoms with Crippen LogP contribution in [-0.2, 0) is 20.7 Å². The zero-order valence-corrected chi connectivity index (χ0v) is 19.1. The summed E-state index contributed by atoms with van der Waals surface area (Å²) in [6.45, 7) is 0.500. The van der Waals surface area contributed by atoms with E-state index in [1.807, 2.05) is 30.3 Å². The number of rotatable bonds is 10. The first kappa shape index (κ1) is 25.2. The molecule has 2 aromatic heterocycles. The number of carboxylic acid groups (broad SMARTS) is 1. The van der Waals surface area contributed by atoms with E-state index in [-0.39, 0.29) is 35.9 Å². The van der Waals surface area contributed by atoms with Crippen LogP contribution in [0, 0.1) is 0 Å². The van der Waals surface area contributed by atoms with Crippen LogP contribution in [-0.4, -0.2) is 89.3 Å². The number of carbonyl (C=O) groups is 2. The Hall–Kier alpha value is -3.85. The van der Waals surface area contributed by atoms with Crippen molar-refractivity contribution < 1.29 is 34.8 Å². The average Bonchev–Trinajstić information content (AvgIpc) is 3.40. The van der Waals surface area contributed by atoms with Crippen LogP contribution in [0.1, 0.15) is 18.2 Å². The van der Waals surface area contributed by atoms with Crippen LogP contribution < -0.4 is 16.4 Å². The molecule has 3 heterocycles. The lowest BCUT2D eigenvalue weighted by atomic mass is 10.1. The number of nitrogens with two attached hydrogens (primary N) is 2. The number of hydrogen-bond donors (Lipinski definition) is 6. The molecule has 36 heavy (non-hydrogen) atoms. The zero-order valence-electron chi connectivity index (χ0n) is 19.1. The summed E-state index contributed by atoms with van der Waals surface area (Å²) in [5.74, 6) is -1.96. The summed E-state index contributed by atoms with van der Waals surface area (Å²) < 4.78 is 6.86. The number of primary amides is 1. The summed E-state index contributed by atoms with van der Waals surface area (Å²) >= 11 is 0. The monoisotopic (exact) mass is 501 g/mol. The minimum absolute atomic E-state index is 0.00976. The Morgan fingerprint density at radius 3 is 2.53 bits per heavy atom. The highest BCUT2D eigenvalue weighted by Crippen LogP contribution is 2.34. The number of anilines is 2. The van der Waals surface area contributed by atoms with Gasteiger partial charge in [-0.3, -0.25) is 14.2 Å². The second-order valence-electron chi connectivity index (χ2n) is 8.42. The van der Waals surface area contributed by atoms with Crippen LogP contribution in [0.5, 0.6) is 0 Å². The van der Waals surface area contributed by atoms with Crippen LogP contribution in [0.2, 0.25) is 0 Å². The first-order chi connectivity index (χ1) is 17.2. The molecular formula is C22H27N7O7. The number of hydrogen-bond acceptors (Lipinski definition) is 11. The molecule has 1 aromatic carbocycles. The molecule has 1 unspecified atom stereocenters. The standard InChI is InChI=1S/C22H27N7O7/c23-18-13-20(29(10-25-13)21-15(33)14(32)17(36-21)16(34)19(24)35)27-22(26-18)28(9-7-12(30)31)8-6-11-4-2-1-3-5-11/h1-5,10,14-17,21,32-34H,6-9H2,(H2,24,35)(H,30,31)(H2,23,26,27)/t14-,15+,16?,17-,21+/m0/s1. The molecule has 0 radical (unpaired) electrons. The fraction of sp³-hybridized carbons (Fsp3) is 0.409. The number of nitrogen functional groups attached to an aromatic ring is 1. The van der Waals surface area contributed by atoms with Crippen LogP contribution in [0.15, 0.2) is 36.7 Å². The predicted octanol–water partition coefficient (Wildman–Crippen LogP) is -1.60. The number of carbonyl (C=O) groups excluding carboxylic acids is 1. The molecule has 1 aliphatic rings. The Kier molecular flexibility index (Phi) is 7.30. The van der Waals surface area contributed by atoms with Crippen molar-refractivity contribution in [3.05, 3.63) is 42.2 Å². The van der Waals surface area contributed by atoms with Crippen LogP contribution in [0.3, 0.4) is 0 Å². The number of ether oxygens (including phenoxy) is 1. The summed E-state index contributed by atoms with van der Waals surface area (Å²) in [6.07, 6.45) is -6.09. The van der Waals surface area contributed by atoms with Crippen molar-refractivity contribution in [3.63, 3.8) is 0 Å². The van der Waals surface area contributed by atoms with Gasteiger partial charge in [0.05, 0.1) is 12.7 Å². The Morgan fingerprint density at radius 2 is 1.86 bits per heavy atom. The molecule has 8 N–H and O–H groups in total. The number of aliphatic carboxylic acids is 1. The van der Waals surface area contributed by atoms with Crippen molar-refractivity contribution >= 4 is 34.8 Å². The Bertz CT molecular complexity index is 1240. The number of amides is 1. The van der Waals surface area contributed by atoms with E-state index in [1.54, 1.807) is 4.90 Å². The Morgan fingerprint density at radius 1 is 1.14 bits per heavy atom. The Balaban J connectivity index is 1.67. The molecule has 14 nitrogen and oxygen atoms in total. The van der Waals surface area contributed by atoms with E-state index < -0.39 is 42.5 Å². The van der Waals surface area contributed by atoms with Crippen LogP contribution in [0.25, 0.3) is 11.2 Å². The summed E-state index contributed by atoms with van der Waals surface area (Å²) in [5, 5.41) is 40.0. The number of aliphatic hydroxyl groups is 3. The van der Waals surface area contributed by atoms with Crippen molar-refractivity contribution in [2.75, 3.05) is 23.7 Å². The molecule has 3 aromatic rings. The quantitative estimate of drug-likeness (QED) is 0.185. The maximum Gasteiger partial charge on any atom is 0.305 e. The molecule has 0 spiro atoms. The maximum atomic E-state index is 11.4. The van der Waals surface area contributed by atoms with Crippen LogP contribution in [0.4, 0.5) is 11.8 Å². The first-order valence-corrected chi connectivity index (χ1v) is 11.2. The number of carboxylic acids is 1. The molecule has 0 aliphatic carbocycles. The third-order valence-corrected chi connectivity index (χ3v) is 5.98. The van der Waals surface area contributed by atoms with Gasteiger partial charge in [0, 0.05) is 13.1 Å². The second kappa shape index (κ2) is 10.4. The lowest BCUT2D eigenvalue weighted by Gasteiger charge is -2.23. The summed E-state index contributed by atoms with van der Waals surface area (Å²) in [7, 11) is 0. The minimum atomic E-state index is -1.85. The number of imidazole rings is 1. The van der Waals surface area contributed by atoms with Gasteiger partial charge in [-0.25, -0.2) is 4.98 Å². The van der Waals surface area contributed by atoms with Gasteiger partial charge in [-0.15, -0.1) is 0 Å². The topological polar surface area (TPSA) is 223 Å². The van der Waals surface area contributed by atoms with E-state index in [9.17, 15) is 30.0 Å². The van der Waals surface area contributed by atoms with E-state index in [2.05, 4.69) is 15.0 Å². The molecule has 5 atom stereocenters. The van der Waals surface area contributed by atoms with E-state index >= 15 is 0 Å². The molecule has 1 fully saturated rings. The molecule has 0 bridgehead atoms. The van der Waals surface area contributed by atoms with E-state index in [1.165, 1.54) is 10.9 Å². The zero-order chi connectivity index (χ0) is 26.0. The smallest absolute Gasteiger partial charge is 0.305 e. The average molecular weight is 502 g/mol. The largest absolute Gasteiger partial charge is 0.481 e. The summed E-state index contributed by atoms with van der Waals surface area (Å²) in [6, 6.07) is 9.60. The van der Waals surface area contributed by atoms with Crippen molar-refractivity contribution in [1.29, 1.82) is 0 Å². The fourth-order valence-corrected chi connectivity index (χ4v) is 4.04. The molecule has 14 heteroatoms. The number of fused-ring (bicyclic) bond motifs is 1. The summed E-state index contributed by atoms with van der Waals surface area (Å²) in [5.41, 5.74) is 12.6. The predicted molar refractivity (Wildman–Crippen MR) is 125 cm³/mol. The van der Waals surface area contributed by atoms with E-state index in [4.69, 9.17) is 16.2 Å². The van der Waals surface area contributed by atoms with Crippen LogP contribution >= 0.6 is 0 Å². The maximum absolute atomic E-state index is 11.4. The lowest BCUT2D eigenvalue weighted by Crippen LogP contribution is -2.45. The molecule has 4 rings (SSSR count). The molecular weight excluding hydrogens is 474 g/mol. The van der Waals surface area contributed by atoms with Crippen molar-refractivity contribution in [2.45, 2.75) is 43.5 Å². The number of benzene rings is 1. The van der Waals surface area contributed by atoms with Gasteiger partial charge in [0.25, 0.3) is 0 Å². The molecule has 1 aliphatic heterocycles. The summed E-state index contributed by atoms with van der Waals surface area (Å²) in [4.78, 5) is 37.3. The third-order valence-electron chi connectivity index (χ3n) is 5.98. The molecule has 1 amide bonds. The minimum Gasteiger partial charge on any atom is -0.481 e. The van der Waals surface area contributed by atoms with Crippen molar-refractivity contribution in [1.82, 2.24) is 19.5 Å². The molecule has 192 valence electrons. The van der Waals surface area contributed by atoms with Crippen molar-refractivity contribution in [2.24, 2.45) is 5.73 Å². The SMILES string of the molecule is NC(=O)C(O)[C@H]1O[C@@H](n2cnc3c(N)nc(N(CCC(=O)O)CCc4ccccc4)nc32)[C@H](O)[C@@H]1O. The number of aliphatic hydroxyl groups excluding tert-OH is 3. The lowest BCUT2D eigenvalue weighted by molar-refractivity contribution is -0.140. The highest BCUT2D eigenvalue weighted by molar-refractivity contribution is 5.83. The van der Waals surface area contributed by atoms with Gasteiger partial charge in [-0.05, 0) is 12.0 Å². The fourth-order valence-electron chi connectivity index (χ4n) is 4.04. The van der Waals surface area contributed by atoms with Gasteiger partial charge in [0.2, 0.25) is 11.9 Å². The van der Waals surface area contributed by atoms with Gasteiger partial charge < -0.3 is 41.5 Å². The van der Waals surface area contributed by atoms with Gasteiger partial charge >= 0.3 is 5.97 Å². The second-order valence-corrected chi connectivity index (χ2v) is 8.42. The third kappa shape index (κ3) is 5.06. The Labute approximate surface area is 204 Å². The highest BCUT2D eigenvalue weighted by atomic mass is 16.6. The number of aromatic nitrogens is 4. The highest BCUT2D eigenvalue weighted by Gasteiger charge is 2.48. The van der Waals surface area contributed by atoms with E-state index in [0.29, 0.717) is 13.0 Å². The van der Waals surface area contributed by atoms with Gasteiger partial charge in [0.15, 0.2) is 23.8 Å².